The van der Waals surface area contributed by atoms with Crippen LogP contribution in [0.2, 0.25) is 0 Å². The van der Waals surface area contributed by atoms with Gasteiger partial charge in [-0.2, -0.15) is 0 Å². The van der Waals surface area contributed by atoms with Gasteiger partial charge in [-0.15, -0.1) is 0 Å². The fourth-order valence-electron chi connectivity index (χ4n) is 2.33. The molecular weight excluding hydrogens is 234 g/mol. The van der Waals surface area contributed by atoms with Gasteiger partial charge in [-0.25, -0.2) is 0 Å². The number of aryl methyl sites for hydroxylation is 1. The van der Waals surface area contributed by atoms with Crippen molar-refractivity contribution in [2.45, 2.75) is 59.0 Å². The lowest BCUT2D eigenvalue weighted by Crippen LogP contribution is -2.41. The van der Waals surface area contributed by atoms with E-state index in [1.165, 1.54) is 5.56 Å². The Hall–Kier alpha value is -1.15. The van der Waals surface area contributed by atoms with Crippen LogP contribution in [0.4, 0.5) is 0 Å². The van der Waals surface area contributed by atoms with Crippen LogP contribution in [-0.2, 0) is 6.42 Å². The van der Waals surface area contributed by atoms with Crippen molar-refractivity contribution in [1.82, 2.24) is 4.90 Å². The molecule has 0 aliphatic carbocycles. The Morgan fingerprint density at radius 2 is 1.74 bits per heavy atom. The molecule has 2 nitrogen and oxygen atoms in total. The van der Waals surface area contributed by atoms with Crippen LogP contribution in [0.15, 0.2) is 24.3 Å². The summed E-state index contributed by atoms with van der Waals surface area (Å²) in [6.45, 7) is 8.50. The van der Waals surface area contributed by atoms with Gasteiger partial charge in [0.25, 0.3) is 0 Å². The third-order valence-electron chi connectivity index (χ3n) is 4.04. The molecule has 106 valence electrons. The van der Waals surface area contributed by atoms with Crippen molar-refractivity contribution in [3.63, 3.8) is 0 Å². The largest absolute Gasteiger partial charge is 0.294 e. The lowest BCUT2D eigenvalue weighted by atomic mass is 10.0. The van der Waals surface area contributed by atoms with E-state index in [4.69, 9.17) is 0 Å². The summed E-state index contributed by atoms with van der Waals surface area (Å²) in [4.78, 5) is 14.6. The second kappa shape index (κ2) is 7.44. The Kier molecular flexibility index (Phi) is 6.23. The van der Waals surface area contributed by atoms with E-state index in [0.29, 0.717) is 6.04 Å². The summed E-state index contributed by atoms with van der Waals surface area (Å²) < 4.78 is 0. The van der Waals surface area contributed by atoms with Crippen LogP contribution in [0, 0.1) is 0 Å². The zero-order valence-electron chi connectivity index (χ0n) is 12.9. The van der Waals surface area contributed by atoms with Gasteiger partial charge in [-0.1, -0.05) is 44.5 Å². The number of hydrogen-bond donors (Lipinski definition) is 0. The molecule has 0 spiro atoms. The molecule has 1 aromatic carbocycles. The van der Waals surface area contributed by atoms with Gasteiger partial charge in [0.05, 0.1) is 6.04 Å². The molecule has 2 atom stereocenters. The molecule has 0 aliphatic rings. The Morgan fingerprint density at radius 1 is 1.16 bits per heavy atom. The molecule has 2 heteroatoms. The zero-order valence-corrected chi connectivity index (χ0v) is 12.9. The SMILES string of the molecule is CCCC(C)N(C)C(C)C(=O)c1ccc(CC)cc1. The normalized spacial score (nSPS) is 14.4. The fraction of sp³-hybridized carbons (Fsp3) is 0.588. The van der Waals surface area contributed by atoms with Gasteiger partial charge in [0, 0.05) is 11.6 Å². The molecule has 0 saturated carbocycles. The highest BCUT2D eigenvalue weighted by molar-refractivity contribution is 5.99. The molecule has 1 rings (SSSR count). The molecule has 19 heavy (non-hydrogen) atoms. The van der Waals surface area contributed by atoms with Crippen molar-refractivity contribution in [3.05, 3.63) is 35.4 Å². The number of carbonyl (C=O) groups excluding carboxylic acids is 1. The predicted molar refractivity (Wildman–Crippen MR) is 81.7 cm³/mol. The number of Topliss-reactive ketones (excluding diaryl/α,β-unsaturated/α-hetero) is 1. The molecular formula is C17H27NO. The first-order valence-electron chi connectivity index (χ1n) is 7.36. The summed E-state index contributed by atoms with van der Waals surface area (Å²) in [5.74, 6) is 0.216. The van der Waals surface area contributed by atoms with Gasteiger partial charge in [0.2, 0.25) is 0 Å². The molecule has 0 fully saturated rings. The van der Waals surface area contributed by atoms with Crippen molar-refractivity contribution >= 4 is 5.78 Å². The first kappa shape index (κ1) is 15.9. The summed E-state index contributed by atoms with van der Waals surface area (Å²) in [6, 6.07) is 8.39. The van der Waals surface area contributed by atoms with E-state index in [1.54, 1.807) is 0 Å². The summed E-state index contributed by atoms with van der Waals surface area (Å²) in [5.41, 5.74) is 2.09. The van der Waals surface area contributed by atoms with E-state index >= 15 is 0 Å². The summed E-state index contributed by atoms with van der Waals surface area (Å²) >= 11 is 0. The molecule has 0 N–H and O–H groups in total. The number of ketones is 1. The van der Waals surface area contributed by atoms with E-state index in [0.717, 1.165) is 24.8 Å². The first-order valence-corrected chi connectivity index (χ1v) is 7.36. The highest BCUT2D eigenvalue weighted by Gasteiger charge is 2.22. The van der Waals surface area contributed by atoms with E-state index in [-0.39, 0.29) is 11.8 Å². The molecule has 0 radical (unpaired) electrons. The minimum atomic E-state index is -0.0611. The maximum atomic E-state index is 12.5. The smallest absolute Gasteiger partial charge is 0.179 e. The molecule has 0 aliphatic heterocycles. The van der Waals surface area contributed by atoms with Crippen molar-refractivity contribution in [2.75, 3.05) is 7.05 Å². The first-order chi connectivity index (χ1) is 9.01. The lowest BCUT2D eigenvalue weighted by Gasteiger charge is -2.29. The number of carbonyl (C=O) groups is 1. The van der Waals surface area contributed by atoms with Crippen LogP contribution >= 0.6 is 0 Å². The predicted octanol–water partition coefficient (Wildman–Crippen LogP) is 3.94. The third-order valence-corrected chi connectivity index (χ3v) is 4.04. The number of hydrogen-bond acceptors (Lipinski definition) is 2. The topological polar surface area (TPSA) is 20.3 Å². The summed E-state index contributed by atoms with van der Waals surface area (Å²) in [5, 5.41) is 0. The van der Waals surface area contributed by atoms with Crippen molar-refractivity contribution in [3.8, 4) is 0 Å². The van der Waals surface area contributed by atoms with Crippen molar-refractivity contribution in [2.24, 2.45) is 0 Å². The van der Waals surface area contributed by atoms with E-state index in [2.05, 4.69) is 37.8 Å². The quantitative estimate of drug-likeness (QED) is 0.693. The van der Waals surface area contributed by atoms with Gasteiger partial charge in [-0.05, 0) is 39.3 Å². The summed E-state index contributed by atoms with van der Waals surface area (Å²) in [6.07, 6.45) is 3.29. The minimum Gasteiger partial charge on any atom is -0.294 e. The van der Waals surface area contributed by atoms with Gasteiger partial charge < -0.3 is 0 Å². The Balaban J connectivity index is 2.74. The number of benzene rings is 1. The highest BCUT2D eigenvalue weighted by Crippen LogP contribution is 2.14. The molecule has 1 aromatic rings. The number of likely N-dealkylation sites (N-methyl/N-ethyl adjacent to an activating group) is 1. The zero-order chi connectivity index (χ0) is 14.4. The molecule has 0 saturated heterocycles. The fourth-order valence-corrected chi connectivity index (χ4v) is 2.33. The van der Waals surface area contributed by atoms with Gasteiger partial charge >= 0.3 is 0 Å². The number of rotatable bonds is 7. The standard InChI is InChI=1S/C17H27NO/c1-6-8-13(3)18(5)14(4)17(19)16-11-9-15(7-2)10-12-16/h9-14H,6-8H2,1-5H3. The van der Waals surface area contributed by atoms with Crippen molar-refractivity contribution < 1.29 is 4.79 Å². The van der Waals surface area contributed by atoms with Gasteiger partial charge in [0.1, 0.15) is 0 Å². The molecule has 0 amide bonds. The average Bonchev–Trinajstić information content (AvgIpc) is 2.45. The Morgan fingerprint density at radius 3 is 2.21 bits per heavy atom. The van der Waals surface area contributed by atoms with Crippen molar-refractivity contribution in [1.29, 1.82) is 0 Å². The molecule has 0 heterocycles. The van der Waals surface area contributed by atoms with Gasteiger partial charge in [-0.3, -0.25) is 9.69 Å². The number of nitrogens with zero attached hydrogens (tertiary/aromatic N) is 1. The van der Waals surface area contributed by atoms with Crippen LogP contribution in [0.5, 0.6) is 0 Å². The van der Waals surface area contributed by atoms with Crippen LogP contribution < -0.4 is 0 Å². The second-order valence-electron chi connectivity index (χ2n) is 5.39. The van der Waals surface area contributed by atoms with Crippen LogP contribution in [-0.4, -0.2) is 29.8 Å². The van der Waals surface area contributed by atoms with E-state index in [9.17, 15) is 4.79 Å². The van der Waals surface area contributed by atoms with E-state index < -0.39 is 0 Å². The third kappa shape index (κ3) is 4.17. The lowest BCUT2D eigenvalue weighted by molar-refractivity contribution is 0.0820. The molecule has 0 bridgehead atoms. The maximum Gasteiger partial charge on any atom is 0.179 e. The maximum absolute atomic E-state index is 12.5. The Bertz CT molecular complexity index is 396. The van der Waals surface area contributed by atoms with Crippen LogP contribution in [0.3, 0.4) is 0 Å². The minimum absolute atomic E-state index is 0.0611. The molecule has 0 aromatic heterocycles. The van der Waals surface area contributed by atoms with Crippen LogP contribution in [0.25, 0.3) is 0 Å². The monoisotopic (exact) mass is 261 g/mol. The average molecular weight is 261 g/mol. The highest BCUT2D eigenvalue weighted by atomic mass is 16.1. The molecule has 2 unspecified atom stereocenters. The van der Waals surface area contributed by atoms with Gasteiger partial charge in [0.15, 0.2) is 5.78 Å². The second-order valence-corrected chi connectivity index (χ2v) is 5.39. The Labute approximate surface area is 117 Å². The van der Waals surface area contributed by atoms with E-state index in [1.807, 2.05) is 26.1 Å². The van der Waals surface area contributed by atoms with Crippen LogP contribution in [0.1, 0.15) is 56.5 Å². The summed E-state index contributed by atoms with van der Waals surface area (Å²) in [7, 11) is 2.04.